The smallest absolute Gasteiger partial charge is 0.344 e. The molecule has 0 spiro atoms. The van der Waals surface area contributed by atoms with Gasteiger partial charge in [0.1, 0.15) is 5.75 Å². The van der Waals surface area contributed by atoms with Gasteiger partial charge in [0.2, 0.25) is 0 Å². The second kappa shape index (κ2) is 8.48. The van der Waals surface area contributed by atoms with Gasteiger partial charge in [-0.25, -0.2) is 4.79 Å². The maximum absolute atomic E-state index is 11.3. The molecule has 0 bridgehead atoms. The molecule has 19 heavy (non-hydrogen) atoms. The van der Waals surface area contributed by atoms with Crippen LogP contribution in [0.15, 0.2) is 18.3 Å². The second-order valence-corrected chi connectivity index (χ2v) is 4.49. The minimum atomic E-state index is -0.372. The Balaban J connectivity index is 2.33. The summed E-state index contributed by atoms with van der Waals surface area (Å²) in [7, 11) is 0. The summed E-state index contributed by atoms with van der Waals surface area (Å²) in [4.78, 5) is 15.5. The van der Waals surface area contributed by atoms with E-state index in [0.717, 1.165) is 25.2 Å². The van der Waals surface area contributed by atoms with E-state index < -0.39 is 0 Å². The molecule has 0 aliphatic carbocycles. The number of nitrogens with one attached hydrogen (secondary N) is 1. The van der Waals surface area contributed by atoms with Crippen LogP contribution < -0.4 is 10.1 Å². The molecule has 0 aliphatic heterocycles. The highest BCUT2D eigenvalue weighted by atomic mass is 16.6. The summed E-state index contributed by atoms with van der Waals surface area (Å²) < 4.78 is 10.3. The first kappa shape index (κ1) is 15.4. The van der Waals surface area contributed by atoms with E-state index in [-0.39, 0.29) is 18.7 Å². The van der Waals surface area contributed by atoms with Crippen molar-refractivity contribution in [2.45, 2.75) is 39.8 Å². The van der Waals surface area contributed by atoms with Crippen molar-refractivity contribution in [1.29, 1.82) is 0 Å². The van der Waals surface area contributed by atoms with Gasteiger partial charge in [0.15, 0.2) is 6.61 Å². The molecule has 0 saturated heterocycles. The van der Waals surface area contributed by atoms with Crippen LogP contribution in [0.25, 0.3) is 0 Å². The van der Waals surface area contributed by atoms with Gasteiger partial charge in [-0.2, -0.15) is 0 Å². The summed E-state index contributed by atoms with van der Waals surface area (Å²) in [6, 6.07) is 3.68. The molecule has 0 unspecified atom stereocenters. The van der Waals surface area contributed by atoms with Gasteiger partial charge < -0.3 is 14.8 Å². The van der Waals surface area contributed by atoms with Crippen molar-refractivity contribution in [1.82, 2.24) is 10.3 Å². The lowest BCUT2D eigenvalue weighted by atomic mass is 10.3. The monoisotopic (exact) mass is 266 g/mol. The highest BCUT2D eigenvalue weighted by molar-refractivity contribution is 5.71. The van der Waals surface area contributed by atoms with Gasteiger partial charge in [0.05, 0.1) is 18.0 Å². The molecule has 1 aromatic rings. The van der Waals surface area contributed by atoms with E-state index in [4.69, 9.17) is 9.47 Å². The third-order valence-corrected chi connectivity index (χ3v) is 2.25. The van der Waals surface area contributed by atoms with Gasteiger partial charge in [0, 0.05) is 6.54 Å². The molecule has 1 N–H and O–H groups in total. The first-order valence-corrected chi connectivity index (χ1v) is 6.59. The van der Waals surface area contributed by atoms with Gasteiger partial charge in [-0.1, -0.05) is 6.92 Å². The summed E-state index contributed by atoms with van der Waals surface area (Å²) in [5, 5.41) is 3.27. The summed E-state index contributed by atoms with van der Waals surface area (Å²) in [5.41, 5.74) is 0.950. The van der Waals surface area contributed by atoms with Crippen molar-refractivity contribution in [3.05, 3.63) is 24.0 Å². The number of ether oxygens (including phenoxy) is 2. The normalized spacial score (nSPS) is 10.5. The number of hydrogen-bond donors (Lipinski definition) is 1. The summed E-state index contributed by atoms with van der Waals surface area (Å²) in [6.45, 7) is 7.35. The fourth-order valence-corrected chi connectivity index (χ4v) is 1.43. The predicted molar refractivity (Wildman–Crippen MR) is 73.0 cm³/mol. The van der Waals surface area contributed by atoms with Crippen LogP contribution in [0.3, 0.4) is 0 Å². The minimum absolute atomic E-state index is 0.0900. The lowest BCUT2D eigenvalue weighted by Crippen LogP contribution is -2.19. The molecule has 0 aliphatic rings. The molecule has 5 nitrogen and oxygen atoms in total. The number of nitrogens with zero attached hydrogens (tertiary/aromatic N) is 1. The Morgan fingerprint density at radius 1 is 1.42 bits per heavy atom. The zero-order valence-electron chi connectivity index (χ0n) is 11.8. The Kier molecular flexibility index (Phi) is 6.89. The number of carbonyl (C=O) groups is 1. The van der Waals surface area contributed by atoms with E-state index in [0.29, 0.717) is 5.75 Å². The van der Waals surface area contributed by atoms with Crippen LogP contribution in [0.2, 0.25) is 0 Å². The Labute approximate surface area is 114 Å². The van der Waals surface area contributed by atoms with Crippen LogP contribution in [0.4, 0.5) is 0 Å². The average molecular weight is 266 g/mol. The van der Waals surface area contributed by atoms with Crippen molar-refractivity contribution in [3.8, 4) is 5.75 Å². The van der Waals surface area contributed by atoms with E-state index in [2.05, 4.69) is 17.2 Å². The third-order valence-electron chi connectivity index (χ3n) is 2.25. The fourth-order valence-electron chi connectivity index (χ4n) is 1.43. The van der Waals surface area contributed by atoms with E-state index in [9.17, 15) is 4.79 Å². The van der Waals surface area contributed by atoms with E-state index >= 15 is 0 Å². The van der Waals surface area contributed by atoms with E-state index in [1.807, 2.05) is 6.07 Å². The van der Waals surface area contributed by atoms with Crippen molar-refractivity contribution in [2.24, 2.45) is 0 Å². The molecular formula is C14H22N2O3. The second-order valence-electron chi connectivity index (χ2n) is 4.49. The van der Waals surface area contributed by atoms with Gasteiger partial charge >= 0.3 is 5.97 Å². The molecule has 0 atom stereocenters. The number of hydrogen-bond acceptors (Lipinski definition) is 5. The summed E-state index contributed by atoms with van der Waals surface area (Å²) >= 11 is 0. The van der Waals surface area contributed by atoms with Gasteiger partial charge in [0.25, 0.3) is 0 Å². The number of rotatable bonds is 8. The molecule has 0 amide bonds. The molecule has 1 aromatic heterocycles. The highest BCUT2D eigenvalue weighted by Crippen LogP contribution is 2.09. The van der Waals surface area contributed by atoms with Crippen LogP contribution in [-0.2, 0) is 16.1 Å². The quantitative estimate of drug-likeness (QED) is 0.575. The standard InChI is InChI=1S/C14H22N2O3/c1-4-7-15-8-12-5-6-13(9-16-12)18-10-14(17)19-11(2)3/h5-6,9,11,15H,4,7-8,10H2,1-3H3. The maximum Gasteiger partial charge on any atom is 0.344 e. The molecule has 5 heteroatoms. The fraction of sp³-hybridized carbons (Fsp3) is 0.571. The number of carbonyl (C=O) groups excluding carboxylic acids is 1. The Morgan fingerprint density at radius 2 is 2.21 bits per heavy atom. The summed E-state index contributed by atoms with van der Waals surface area (Å²) in [6.07, 6.45) is 2.59. The minimum Gasteiger partial charge on any atom is -0.480 e. The SMILES string of the molecule is CCCNCc1ccc(OCC(=O)OC(C)C)cn1. The lowest BCUT2D eigenvalue weighted by molar-refractivity contribution is -0.149. The molecule has 0 aromatic carbocycles. The molecule has 0 fully saturated rings. The molecule has 106 valence electrons. The Bertz CT molecular complexity index is 377. The zero-order chi connectivity index (χ0) is 14.1. The number of pyridine rings is 1. The zero-order valence-corrected chi connectivity index (χ0v) is 11.8. The lowest BCUT2D eigenvalue weighted by Gasteiger charge is -2.09. The van der Waals surface area contributed by atoms with Crippen LogP contribution in [-0.4, -0.2) is 30.2 Å². The van der Waals surface area contributed by atoms with Crippen molar-refractivity contribution in [3.63, 3.8) is 0 Å². The van der Waals surface area contributed by atoms with Crippen LogP contribution in [0.5, 0.6) is 5.75 Å². The number of aromatic nitrogens is 1. The predicted octanol–water partition coefficient (Wildman–Crippen LogP) is 1.91. The molecule has 0 radical (unpaired) electrons. The van der Waals surface area contributed by atoms with Gasteiger partial charge in [-0.15, -0.1) is 0 Å². The van der Waals surface area contributed by atoms with Crippen LogP contribution >= 0.6 is 0 Å². The first-order valence-electron chi connectivity index (χ1n) is 6.59. The maximum atomic E-state index is 11.3. The molecular weight excluding hydrogens is 244 g/mol. The largest absolute Gasteiger partial charge is 0.480 e. The van der Waals surface area contributed by atoms with Crippen molar-refractivity contribution >= 4 is 5.97 Å². The molecule has 1 rings (SSSR count). The van der Waals surface area contributed by atoms with Crippen molar-refractivity contribution in [2.75, 3.05) is 13.2 Å². The molecule has 1 heterocycles. The topological polar surface area (TPSA) is 60.5 Å². The average Bonchev–Trinajstić information content (AvgIpc) is 2.37. The highest BCUT2D eigenvalue weighted by Gasteiger charge is 2.06. The van der Waals surface area contributed by atoms with Gasteiger partial charge in [-0.3, -0.25) is 4.98 Å². The van der Waals surface area contributed by atoms with Gasteiger partial charge in [-0.05, 0) is 38.9 Å². The number of esters is 1. The Morgan fingerprint density at radius 3 is 2.79 bits per heavy atom. The van der Waals surface area contributed by atoms with Crippen molar-refractivity contribution < 1.29 is 14.3 Å². The molecule has 0 saturated carbocycles. The van der Waals surface area contributed by atoms with E-state index in [1.54, 1.807) is 26.1 Å². The third kappa shape index (κ3) is 6.76. The van der Waals surface area contributed by atoms with E-state index in [1.165, 1.54) is 0 Å². The first-order chi connectivity index (χ1) is 9.11. The van der Waals surface area contributed by atoms with Crippen LogP contribution in [0, 0.1) is 0 Å². The van der Waals surface area contributed by atoms with Crippen LogP contribution in [0.1, 0.15) is 32.9 Å². The Hall–Kier alpha value is -1.62. The summed E-state index contributed by atoms with van der Waals surface area (Å²) in [5.74, 6) is 0.198.